The summed E-state index contributed by atoms with van der Waals surface area (Å²) in [5.41, 5.74) is 17.7. The molecule has 0 spiro atoms. The van der Waals surface area contributed by atoms with Gasteiger partial charge in [-0.2, -0.15) is 0 Å². The van der Waals surface area contributed by atoms with E-state index in [1.807, 2.05) is 24.4 Å². The van der Waals surface area contributed by atoms with E-state index in [9.17, 15) is 0 Å². The molecule has 0 amide bonds. The van der Waals surface area contributed by atoms with Crippen molar-refractivity contribution in [3.8, 4) is 67.3 Å². The molecule has 0 saturated carbocycles. The fraction of sp³-hybridized carbons (Fsp3) is 0.0172. The average molecular weight is 792 g/mol. The Kier molecular flexibility index (Phi) is 8.36. The third-order valence-corrected chi connectivity index (χ3v) is 12.5. The molecule has 4 nitrogen and oxygen atoms in total. The fourth-order valence-corrected chi connectivity index (χ4v) is 9.59. The van der Waals surface area contributed by atoms with Gasteiger partial charge in [-0.15, -0.1) is 0 Å². The van der Waals surface area contributed by atoms with E-state index in [-0.39, 0.29) is 0 Å². The molecule has 12 rings (SSSR count). The van der Waals surface area contributed by atoms with Crippen LogP contribution in [-0.2, 0) is 5.41 Å². The zero-order valence-corrected chi connectivity index (χ0v) is 33.6. The van der Waals surface area contributed by atoms with Crippen molar-refractivity contribution in [2.75, 3.05) is 0 Å². The van der Waals surface area contributed by atoms with Gasteiger partial charge in [0, 0.05) is 45.4 Å². The smallest absolute Gasteiger partial charge is 0.160 e. The number of para-hydroxylation sites is 1. The van der Waals surface area contributed by atoms with Crippen LogP contribution in [0.4, 0.5) is 0 Å². The molecule has 1 aliphatic rings. The van der Waals surface area contributed by atoms with E-state index in [1.54, 1.807) is 6.20 Å². The maximum Gasteiger partial charge on any atom is 0.160 e. The van der Waals surface area contributed by atoms with Gasteiger partial charge in [-0.05, 0) is 92.5 Å². The molecule has 0 fully saturated rings. The van der Waals surface area contributed by atoms with Crippen molar-refractivity contribution in [3.63, 3.8) is 0 Å². The summed E-state index contributed by atoms with van der Waals surface area (Å²) in [4.78, 5) is 15.1. The van der Waals surface area contributed by atoms with Crippen molar-refractivity contribution in [1.29, 1.82) is 0 Å². The highest BCUT2D eigenvalue weighted by Crippen LogP contribution is 2.56. The first-order chi connectivity index (χ1) is 30.7. The van der Waals surface area contributed by atoms with Crippen molar-refractivity contribution < 1.29 is 4.42 Å². The lowest BCUT2D eigenvalue weighted by Crippen LogP contribution is -2.28. The van der Waals surface area contributed by atoms with E-state index in [0.29, 0.717) is 5.82 Å². The quantitative estimate of drug-likeness (QED) is 0.161. The van der Waals surface area contributed by atoms with Gasteiger partial charge < -0.3 is 4.42 Å². The van der Waals surface area contributed by atoms with Gasteiger partial charge in [0.05, 0.1) is 16.8 Å². The Bertz CT molecular complexity index is 3410. The first-order valence-corrected chi connectivity index (χ1v) is 21.0. The predicted octanol–water partition coefficient (Wildman–Crippen LogP) is 14.5. The minimum Gasteiger partial charge on any atom is -0.456 e. The molecule has 0 aliphatic heterocycles. The number of aromatic nitrogens is 3. The zero-order chi connectivity index (χ0) is 41.0. The minimum atomic E-state index is -0.525. The molecular weight excluding hydrogens is 755 g/mol. The monoisotopic (exact) mass is 791 g/mol. The maximum atomic E-state index is 6.13. The summed E-state index contributed by atoms with van der Waals surface area (Å²) in [5, 5.41) is 2.23. The van der Waals surface area contributed by atoms with Crippen LogP contribution in [-0.4, -0.2) is 15.0 Å². The molecule has 0 atom stereocenters. The second-order valence-corrected chi connectivity index (χ2v) is 16.0. The van der Waals surface area contributed by atoms with Gasteiger partial charge in [0.15, 0.2) is 5.82 Å². The van der Waals surface area contributed by atoms with Crippen LogP contribution in [0.5, 0.6) is 0 Å². The SMILES string of the molecule is c1ccc(C2(c3ccccc3)c3ccccc3-c3ccc(-c4cc(-c5ccc(-c6ccc7oc8ccccc8c7c6)cc5)nc(-c5cccc(-c6cccnc6)c5)n4)cc32)cc1. The molecule has 8 aromatic carbocycles. The number of hydrogen-bond donors (Lipinski definition) is 0. The van der Waals surface area contributed by atoms with E-state index in [0.717, 1.165) is 72.3 Å². The lowest BCUT2D eigenvalue weighted by molar-refractivity contribution is 0.669. The summed E-state index contributed by atoms with van der Waals surface area (Å²) < 4.78 is 6.13. The number of benzene rings is 8. The van der Waals surface area contributed by atoms with E-state index < -0.39 is 5.41 Å². The highest BCUT2D eigenvalue weighted by molar-refractivity contribution is 6.06. The number of rotatable bonds is 7. The van der Waals surface area contributed by atoms with Gasteiger partial charge in [-0.1, -0.05) is 170 Å². The number of pyridine rings is 1. The van der Waals surface area contributed by atoms with Crippen LogP contribution in [0.1, 0.15) is 22.3 Å². The van der Waals surface area contributed by atoms with Crippen molar-refractivity contribution >= 4 is 21.9 Å². The van der Waals surface area contributed by atoms with Crippen molar-refractivity contribution in [1.82, 2.24) is 15.0 Å². The lowest BCUT2D eigenvalue weighted by atomic mass is 9.67. The Balaban J connectivity index is 1.03. The summed E-state index contributed by atoms with van der Waals surface area (Å²) in [5.74, 6) is 0.658. The summed E-state index contributed by atoms with van der Waals surface area (Å²) in [6.45, 7) is 0. The molecule has 0 saturated heterocycles. The molecule has 11 aromatic rings. The Labute approximate surface area is 359 Å². The molecule has 290 valence electrons. The van der Waals surface area contributed by atoms with Crippen LogP contribution in [0.3, 0.4) is 0 Å². The van der Waals surface area contributed by atoms with Gasteiger partial charge in [0.25, 0.3) is 0 Å². The van der Waals surface area contributed by atoms with Gasteiger partial charge in [-0.25, -0.2) is 9.97 Å². The van der Waals surface area contributed by atoms with E-state index in [4.69, 9.17) is 14.4 Å². The third-order valence-electron chi connectivity index (χ3n) is 12.5. The number of furan rings is 1. The summed E-state index contributed by atoms with van der Waals surface area (Å²) in [6.07, 6.45) is 3.69. The molecule has 4 heteroatoms. The van der Waals surface area contributed by atoms with Crippen LogP contribution < -0.4 is 0 Å². The molecule has 0 radical (unpaired) electrons. The zero-order valence-electron chi connectivity index (χ0n) is 33.6. The molecule has 0 unspecified atom stereocenters. The normalized spacial score (nSPS) is 12.6. The third kappa shape index (κ3) is 5.80. The molecule has 0 bridgehead atoms. The largest absolute Gasteiger partial charge is 0.456 e. The van der Waals surface area contributed by atoms with E-state index in [2.05, 4.69) is 199 Å². The van der Waals surface area contributed by atoms with Crippen LogP contribution in [0.15, 0.2) is 229 Å². The Morgan fingerprint density at radius 1 is 0.355 bits per heavy atom. The molecular formula is C58H37N3O. The van der Waals surface area contributed by atoms with Crippen molar-refractivity contribution in [2.45, 2.75) is 5.41 Å². The summed E-state index contributed by atoms with van der Waals surface area (Å²) in [6, 6.07) is 75.6. The van der Waals surface area contributed by atoms with E-state index >= 15 is 0 Å². The van der Waals surface area contributed by atoms with Crippen LogP contribution in [0, 0.1) is 0 Å². The van der Waals surface area contributed by atoms with E-state index in [1.165, 1.54) is 33.4 Å². The number of hydrogen-bond acceptors (Lipinski definition) is 4. The molecule has 1 aliphatic carbocycles. The standard InChI is InChI=1S/C58H37N3O/c1-3-16-45(17-4-1)58(46-18-5-2-6-19-46)51-22-9-7-20-47(51)48-30-28-42(35-52(48)58)54-36-53(60-57(61-54)43-14-11-13-40(33-43)44-15-12-32-59-37-44)39-26-24-38(25-27-39)41-29-31-56-50(34-41)49-21-8-10-23-55(49)62-56/h1-37H. The second kappa shape index (κ2) is 14.5. The van der Waals surface area contributed by atoms with Gasteiger partial charge in [0.2, 0.25) is 0 Å². The van der Waals surface area contributed by atoms with Crippen molar-refractivity contribution in [2.24, 2.45) is 0 Å². The van der Waals surface area contributed by atoms with Crippen LogP contribution in [0.25, 0.3) is 89.2 Å². The van der Waals surface area contributed by atoms with Gasteiger partial charge in [0.1, 0.15) is 11.2 Å². The highest BCUT2D eigenvalue weighted by atomic mass is 16.3. The average Bonchev–Trinajstić information content (AvgIpc) is 3.88. The maximum absolute atomic E-state index is 6.13. The van der Waals surface area contributed by atoms with Crippen LogP contribution in [0.2, 0.25) is 0 Å². The summed E-state index contributed by atoms with van der Waals surface area (Å²) >= 11 is 0. The summed E-state index contributed by atoms with van der Waals surface area (Å²) in [7, 11) is 0. The molecule has 0 N–H and O–H groups in total. The Hall–Kier alpha value is -8.21. The van der Waals surface area contributed by atoms with Crippen molar-refractivity contribution in [3.05, 3.63) is 247 Å². The highest BCUT2D eigenvalue weighted by Gasteiger charge is 2.46. The van der Waals surface area contributed by atoms with Crippen LogP contribution >= 0.6 is 0 Å². The predicted molar refractivity (Wildman–Crippen MR) is 252 cm³/mol. The molecule has 62 heavy (non-hydrogen) atoms. The lowest BCUT2D eigenvalue weighted by Gasteiger charge is -2.34. The molecule has 3 aromatic heterocycles. The first kappa shape index (κ1) is 35.7. The molecule has 3 heterocycles. The topological polar surface area (TPSA) is 51.8 Å². The number of nitrogens with zero attached hydrogens (tertiary/aromatic N) is 3. The first-order valence-electron chi connectivity index (χ1n) is 21.0. The Morgan fingerprint density at radius 3 is 1.76 bits per heavy atom. The Morgan fingerprint density at radius 2 is 0.968 bits per heavy atom. The van der Waals surface area contributed by atoms with Gasteiger partial charge >= 0.3 is 0 Å². The fourth-order valence-electron chi connectivity index (χ4n) is 9.59. The minimum absolute atomic E-state index is 0.525. The number of fused-ring (bicyclic) bond motifs is 6. The van der Waals surface area contributed by atoms with Gasteiger partial charge in [-0.3, -0.25) is 4.98 Å². The second-order valence-electron chi connectivity index (χ2n) is 16.0.